The number of halogens is 1. The molecule has 1 heterocycles. The normalized spacial score (nSPS) is 21.1. The summed E-state index contributed by atoms with van der Waals surface area (Å²) in [5, 5.41) is 9.26. The number of hydrogen-bond donors (Lipinski definition) is 2. The van der Waals surface area contributed by atoms with E-state index in [2.05, 4.69) is 28.6 Å². The van der Waals surface area contributed by atoms with Gasteiger partial charge >= 0.3 is 5.97 Å². The molecule has 0 aromatic heterocycles. The summed E-state index contributed by atoms with van der Waals surface area (Å²) in [6.07, 6.45) is 0.293. The number of aliphatic carboxylic acids is 1. The van der Waals surface area contributed by atoms with Gasteiger partial charge in [-0.15, -0.1) is 0 Å². The van der Waals surface area contributed by atoms with Gasteiger partial charge in [0.1, 0.15) is 0 Å². The molecule has 4 nitrogen and oxygen atoms in total. The lowest BCUT2D eigenvalue weighted by Gasteiger charge is -2.24. The summed E-state index contributed by atoms with van der Waals surface area (Å²) in [5.41, 5.74) is 0.590. The number of carboxylic acids is 1. The van der Waals surface area contributed by atoms with Crippen molar-refractivity contribution in [2.45, 2.75) is 17.7 Å². The molecule has 96 valence electrons. The maximum absolute atomic E-state index is 11.8. The Bertz CT molecular complexity index is 494. The van der Waals surface area contributed by atoms with Gasteiger partial charge in [0.05, 0.1) is 0 Å². The highest BCUT2D eigenvalue weighted by Gasteiger charge is 2.37. The third-order valence-electron chi connectivity index (χ3n) is 2.85. The van der Waals surface area contributed by atoms with Crippen molar-refractivity contribution < 1.29 is 14.7 Å². The minimum atomic E-state index is -1.02. The van der Waals surface area contributed by atoms with Gasteiger partial charge in [-0.1, -0.05) is 28.1 Å². The van der Waals surface area contributed by atoms with E-state index in [0.29, 0.717) is 18.5 Å². The predicted octanol–water partition coefficient (Wildman–Crippen LogP) is 2.11. The van der Waals surface area contributed by atoms with E-state index in [4.69, 9.17) is 0 Å². The monoisotopic (exact) mass is 329 g/mol. The Morgan fingerprint density at radius 2 is 2.28 bits per heavy atom. The molecular weight excluding hydrogens is 318 g/mol. The van der Waals surface area contributed by atoms with Gasteiger partial charge in [0.2, 0.25) is 5.91 Å². The van der Waals surface area contributed by atoms with Crippen molar-refractivity contribution in [2.75, 3.05) is 6.54 Å². The number of amides is 1. The van der Waals surface area contributed by atoms with Crippen molar-refractivity contribution in [2.24, 2.45) is 0 Å². The molecule has 18 heavy (non-hydrogen) atoms. The number of carbonyl (C=O) groups is 2. The van der Waals surface area contributed by atoms with E-state index in [-0.39, 0.29) is 11.2 Å². The number of hydrogen-bond acceptors (Lipinski definition) is 3. The van der Waals surface area contributed by atoms with E-state index in [1.54, 1.807) is 18.2 Å². The third-order valence-corrected chi connectivity index (χ3v) is 3.69. The quantitative estimate of drug-likeness (QED) is 0.835. The molecule has 0 radical (unpaired) electrons. The van der Waals surface area contributed by atoms with Crippen LogP contribution in [0.2, 0.25) is 0 Å². The van der Waals surface area contributed by atoms with Crippen molar-refractivity contribution in [3.63, 3.8) is 0 Å². The Kier molecular flexibility index (Phi) is 3.97. The molecular formula is C12H12BrNO3S. The number of rotatable bonds is 3. The summed E-state index contributed by atoms with van der Waals surface area (Å²) < 4.78 is 0.792. The lowest BCUT2D eigenvalue weighted by Crippen LogP contribution is -2.35. The Morgan fingerprint density at radius 3 is 2.78 bits per heavy atom. The lowest BCUT2D eigenvalue weighted by molar-refractivity contribution is -0.148. The highest BCUT2D eigenvalue weighted by atomic mass is 79.9. The average molecular weight is 330 g/mol. The van der Waals surface area contributed by atoms with Crippen LogP contribution in [0.25, 0.3) is 0 Å². The molecule has 1 N–H and O–H groups in total. The van der Waals surface area contributed by atoms with Gasteiger partial charge in [0, 0.05) is 22.7 Å². The van der Waals surface area contributed by atoms with Crippen LogP contribution in [0.15, 0.2) is 28.7 Å². The van der Waals surface area contributed by atoms with Crippen LogP contribution in [-0.2, 0) is 9.59 Å². The standard InChI is InChI=1S/C12H12BrNO3S/c13-8-3-1-2-7(4-8)11(12(16)17)14-6-9(18)5-10(14)15/h1-4,9,11,18H,5-6H2,(H,16,17). The van der Waals surface area contributed by atoms with Gasteiger partial charge in [0.25, 0.3) is 0 Å². The molecule has 6 heteroatoms. The first-order chi connectivity index (χ1) is 8.49. The van der Waals surface area contributed by atoms with Gasteiger partial charge < -0.3 is 10.0 Å². The molecule has 1 aromatic rings. The maximum atomic E-state index is 11.8. The van der Waals surface area contributed by atoms with Crippen LogP contribution in [0.4, 0.5) is 0 Å². The van der Waals surface area contributed by atoms with Crippen LogP contribution in [0.5, 0.6) is 0 Å². The van der Waals surface area contributed by atoms with E-state index < -0.39 is 12.0 Å². The zero-order valence-corrected chi connectivity index (χ0v) is 11.9. The van der Waals surface area contributed by atoms with Gasteiger partial charge in [0.15, 0.2) is 6.04 Å². The van der Waals surface area contributed by atoms with Crippen molar-refractivity contribution >= 4 is 40.4 Å². The Balaban J connectivity index is 2.35. The summed E-state index contributed by atoms with van der Waals surface area (Å²) in [4.78, 5) is 24.6. The smallest absolute Gasteiger partial charge is 0.331 e. The van der Waals surface area contributed by atoms with Crippen molar-refractivity contribution in [1.82, 2.24) is 4.90 Å². The SMILES string of the molecule is O=C(O)C(c1cccc(Br)c1)N1CC(S)CC1=O. The third kappa shape index (κ3) is 2.70. The van der Waals surface area contributed by atoms with Gasteiger partial charge in [-0.3, -0.25) is 4.79 Å². The fourth-order valence-electron chi connectivity index (χ4n) is 2.09. The van der Waals surface area contributed by atoms with E-state index in [0.717, 1.165) is 4.47 Å². The topological polar surface area (TPSA) is 57.6 Å². The van der Waals surface area contributed by atoms with Crippen LogP contribution in [0, 0.1) is 0 Å². The summed E-state index contributed by atoms with van der Waals surface area (Å²) in [7, 11) is 0. The van der Waals surface area contributed by atoms with Gasteiger partial charge in [-0.2, -0.15) is 12.6 Å². The molecule has 1 aliphatic heterocycles. The highest BCUT2D eigenvalue weighted by molar-refractivity contribution is 9.10. The van der Waals surface area contributed by atoms with Crippen LogP contribution in [-0.4, -0.2) is 33.7 Å². The number of thiol groups is 1. The van der Waals surface area contributed by atoms with Crippen LogP contribution < -0.4 is 0 Å². The largest absolute Gasteiger partial charge is 0.479 e. The van der Waals surface area contributed by atoms with Gasteiger partial charge in [-0.25, -0.2) is 4.79 Å². The molecule has 1 amide bonds. The first-order valence-corrected chi connectivity index (χ1v) is 6.76. The zero-order valence-electron chi connectivity index (χ0n) is 9.41. The van der Waals surface area contributed by atoms with Crippen LogP contribution in [0.3, 0.4) is 0 Å². The van der Waals surface area contributed by atoms with E-state index in [9.17, 15) is 14.7 Å². The second-order valence-corrected chi connectivity index (χ2v) is 5.85. The molecule has 2 unspecified atom stereocenters. The first-order valence-electron chi connectivity index (χ1n) is 5.45. The van der Waals surface area contributed by atoms with E-state index in [1.807, 2.05) is 6.07 Å². The number of nitrogens with zero attached hydrogens (tertiary/aromatic N) is 1. The molecule has 0 aliphatic carbocycles. The predicted molar refractivity (Wildman–Crippen MR) is 73.6 cm³/mol. The number of carboxylic acid groups (broad SMARTS) is 1. The minimum absolute atomic E-state index is 0.0912. The summed E-state index contributed by atoms with van der Waals surface area (Å²) >= 11 is 7.55. The molecule has 1 saturated heterocycles. The van der Waals surface area contributed by atoms with Crippen molar-refractivity contribution in [1.29, 1.82) is 0 Å². The summed E-state index contributed by atoms with van der Waals surface area (Å²) in [6.45, 7) is 0.366. The molecule has 1 fully saturated rings. The lowest BCUT2D eigenvalue weighted by atomic mass is 10.1. The molecule has 2 atom stereocenters. The average Bonchev–Trinajstić information content (AvgIpc) is 2.58. The summed E-state index contributed by atoms with van der Waals surface area (Å²) in [6, 6.07) is 6.07. The van der Waals surface area contributed by atoms with Crippen molar-refractivity contribution in [3.05, 3.63) is 34.3 Å². The summed E-state index contributed by atoms with van der Waals surface area (Å²) in [5.74, 6) is -1.19. The van der Waals surface area contributed by atoms with Crippen LogP contribution >= 0.6 is 28.6 Å². The van der Waals surface area contributed by atoms with Gasteiger partial charge in [-0.05, 0) is 17.7 Å². The molecule has 0 spiro atoms. The molecule has 1 aliphatic rings. The fraction of sp³-hybridized carbons (Fsp3) is 0.333. The van der Waals surface area contributed by atoms with Crippen LogP contribution in [0.1, 0.15) is 18.0 Å². The Labute approximate surface area is 119 Å². The minimum Gasteiger partial charge on any atom is -0.479 e. The number of benzene rings is 1. The maximum Gasteiger partial charge on any atom is 0.331 e. The first kappa shape index (κ1) is 13.4. The van der Waals surface area contributed by atoms with E-state index >= 15 is 0 Å². The molecule has 0 bridgehead atoms. The number of carbonyl (C=O) groups excluding carboxylic acids is 1. The fourth-order valence-corrected chi connectivity index (χ4v) is 2.84. The Morgan fingerprint density at radius 1 is 1.56 bits per heavy atom. The molecule has 2 rings (SSSR count). The van der Waals surface area contributed by atoms with Crippen molar-refractivity contribution in [3.8, 4) is 0 Å². The highest BCUT2D eigenvalue weighted by Crippen LogP contribution is 2.29. The zero-order chi connectivity index (χ0) is 13.3. The number of likely N-dealkylation sites (tertiary alicyclic amines) is 1. The van der Waals surface area contributed by atoms with E-state index in [1.165, 1.54) is 4.90 Å². The molecule has 1 aromatic carbocycles. The Hall–Kier alpha value is -1.01. The second kappa shape index (κ2) is 5.32. The second-order valence-electron chi connectivity index (χ2n) is 4.20. The molecule has 0 saturated carbocycles.